The summed E-state index contributed by atoms with van der Waals surface area (Å²) in [4.78, 5) is 16.5. The van der Waals surface area contributed by atoms with Crippen molar-refractivity contribution in [1.82, 2.24) is 9.55 Å². The molecule has 98 valence electrons. The summed E-state index contributed by atoms with van der Waals surface area (Å²) in [6.45, 7) is 0.562. The van der Waals surface area contributed by atoms with Gasteiger partial charge in [-0.15, -0.1) is 0 Å². The minimum Gasteiger partial charge on any atom is -0.359 e. The third-order valence-electron chi connectivity index (χ3n) is 4.14. The number of nitrogens with two attached hydrogens (primary N) is 1. The monoisotopic (exact) mass is 248 g/mol. The summed E-state index contributed by atoms with van der Waals surface area (Å²) in [5.74, 6) is 0.469. The van der Waals surface area contributed by atoms with E-state index < -0.39 is 0 Å². The summed E-state index contributed by atoms with van der Waals surface area (Å²) in [5.41, 5.74) is 5.76. The Morgan fingerprint density at radius 2 is 2.17 bits per heavy atom. The Labute approximate surface area is 106 Å². The second-order valence-corrected chi connectivity index (χ2v) is 5.54. The molecule has 2 aliphatic carbocycles. The van der Waals surface area contributed by atoms with Crippen molar-refractivity contribution in [3.8, 4) is 0 Å². The van der Waals surface area contributed by atoms with Gasteiger partial charge in [0.05, 0.1) is 5.54 Å². The summed E-state index contributed by atoms with van der Waals surface area (Å²) in [6.07, 6.45) is 10.1. The van der Waals surface area contributed by atoms with Gasteiger partial charge >= 0.3 is 0 Å². The predicted octanol–water partition coefficient (Wildman–Crippen LogP) is 1.26. The maximum Gasteiger partial charge on any atom is 0.293 e. The normalized spacial score (nSPS) is 22.1. The number of hydrogen-bond donors (Lipinski definition) is 2. The lowest BCUT2D eigenvalue weighted by Crippen LogP contribution is -2.45. The van der Waals surface area contributed by atoms with Crippen molar-refractivity contribution in [2.24, 2.45) is 5.73 Å². The lowest BCUT2D eigenvalue weighted by Gasteiger charge is -2.29. The van der Waals surface area contributed by atoms with Crippen LogP contribution in [0.2, 0.25) is 0 Å². The van der Waals surface area contributed by atoms with Crippen LogP contribution in [0.15, 0.2) is 17.2 Å². The third kappa shape index (κ3) is 2.03. The van der Waals surface area contributed by atoms with Crippen LogP contribution in [0.5, 0.6) is 0 Å². The highest BCUT2D eigenvalue weighted by Crippen LogP contribution is 2.34. The lowest BCUT2D eigenvalue weighted by molar-refractivity contribution is 0.489. The molecule has 2 aliphatic rings. The number of rotatable bonds is 4. The van der Waals surface area contributed by atoms with E-state index in [1.165, 1.54) is 12.8 Å². The van der Waals surface area contributed by atoms with Crippen molar-refractivity contribution in [3.63, 3.8) is 0 Å². The largest absolute Gasteiger partial charge is 0.359 e. The molecule has 0 aromatic carbocycles. The second kappa shape index (κ2) is 4.39. The molecule has 0 aliphatic heterocycles. The number of aromatic nitrogens is 2. The summed E-state index contributed by atoms with van der Waals surface area (Å²) < 4.78 is 1.80. The van der Waals surface area contributed by atoms with Crippen LogP contribution in [0.4, 0.5) is 5.82 Å². The highest BCUT2D eigenvalue weighted by molar-refractivity contribution is 5.36. The average molecular weight is 248 g/mol. The minimum absolute atomic E-state index is 0.000255. The molecule has 5 nitrogen and oxygen atoms in total. The third-order valence-corrected chi connectivity index (χ3v) is 4.14. The summed E-state index contributed by atoms with van der Waals surface area (Å²) in [5, 5.41) is 3.33. The summed E-state index contributed by atoms with van der Waals surface area (Å²) in [7, 11) is 0. The van der Waals surface area contributed by atoms with Crippen molar-refractivity contribution in [2.45, 2.75) is 50.1 Å². The van der Waals surface area contributed by atoms with Gasteiger partial charge in [-0.2, -0.15) is 0 Å². The van der Waals surface area contributed by atoms with Crippen LogP contribution < -0.4 is 16.6 Å². The SMILES string of the molecule is NCC1(Nc2nccn(C3CC3)c2=O)CCCC1. The second-order valence-electron chi connectivity index (χ2n) is 5.54. The Morgan fingerprint density at radius 3 is 2.78 bits per heavy atom. The fourth-order valence-corrected chi connectivity index (χ4v) is 2.83. The van der Waals surface area contributed by atoms with E-state index in [0.29, 0.717) is 18.4 Å². The van der Waals surface area contributed by atoms with E-state index in [9.17, 15) is 4.79 Å². The van der Waals surface area contributed by atoms with E-state index in [0.717, 1.165) is 25.7 Å². The van der Waals surface area contributed by atoms with Crippen LogP contribution in [0, 0.1) is 0 Å². The molecule has 2 saturated carbocycles. The number of nitrogens with one attached hydrogen (secondary N) is 1. The molecule has 3 rings (SSSR count). The van der Waals surface area contributed by atoms with Gasteiger partial charge in [0.15, 0.2) is 5.82 Å². The van der Waals surface area contributed by atoms with Crippen LogP contribution in [-0.2, 0) is 0 Å². The zero-order valence-corrected chi connectivity index (χ0v) is 10.6. The number of anilines is 1. The Hall–Kier alpha value is -1.36. The summed E-state index contributed by atoms with van der Waals surface area (Å²) in [6, 6.07) is 0.387. The predicted molar refractivity (Wildman–Crippen MR) is 70.6 cm³/mol. The summed E-state index contributed by atoms with van der Waals surface area (Å²) >= 11 is 0. The van der Waals surface area contributed by atoms with E-state index >= 15 is 0 Å². The average Bonchev–Trinajstić information content (AvgIpc) is 3.12. The first-order valence-corrected chi connectivity index (χ1v) is 6.79. The Bertz CT molecular complexity index is 486. The molecule has 0 atom stereocenters. The molecule has 3 N–H and O–H groups in total. The van der Waals surface area contributed by atoms with Gasteiger partial charge in [0.25, 0.3) is 5.56 Å². The zero-order valence-electron chi connectivity index (χ0n) is 10.6. The molecule has 0 spiro atoms. The smallest absolute Gasteiger partial charge is 0.293 e. The minimum atomic E-state index is -0.116. The van der Waals surface area contributed by atoms with Crippen molar-refractivity contribution >= 4 is 5.82 Å². The van der Waals surface area contributed by atoms with Gasteiger partial charge in [0, 0.05) is 25.0 Å². The van der Waals surface area contributed by atoms with Gasteiger partial charge in [-0.1, -0.05) is 12.8 Å². The van der Waals surface area contributed by atoms with Crippen molar-refractivity contribution in [3.05, 3.63) is 22.7 Å². The van der Waals surface area contributed by atoms with Gasteiger partial charge in [-0.05, 0) is 25.7 Å². The lowest BCUT2D eigenvalue weighted by atomic mass is 9.98. The van der Waals surface area contributed by atoms with Gasteiger partial charge in [0.2, 0.25) is 0 Å². The molecule has 2 fully saturated rings. The van der Waals surface area contributed by atoms with Crippen molar-refractivity contribution in [2.75, 3.05) is 11.9 Å². The van der Waals surface area contributed by atoms with E-state index in [2.05, 4.69) is 10.3 Å². The first-order chi connectivity index (χ1) is 8.74. The van der Waals surface area contributed by atoms with Crippen molar-refractivity contribution in [1.29, 1.82) is 0 Å². The highest BCUT2D eigenvalue weighted by atomic mass is 16.1. The van der Waals surface area contributed by atoms with E-state index in [-0.39, 0.29) is 11.1 Å². The maximum atomic E-state index is 12.3. The van der Waals surface area contributed by atoms with E-state index in [1.54, 1.807) is 17.0 Å². The van der Waals surface area contributed by atoms with Crippen LogP contribution in [0.25, 0.3) is 0 Å². The highest BCUT2D eigenvalue weighted by Gasteiger charge is 2.34. The van der Waals surface area contributed by atoms with Gasteiger partial charge in [-0.25, -0.2) is 4.98 Å². The van der Waals surface area contributed by atoms with Crippen LogP contribution in [-0.4, -0.2) is 21.6 Å². The zero-order chi connectivity index (χ0) is 12.6. The molecule has 0 saturated heterocycles. The molecule has 18 heavy (non-hydrogen) atoms. The molecule has 5 heteroatoms. The molecular weight excluding hydrogens is 228 g/mol. The Balaban J connectivity index is 1.88. The van der Waals surface area contributed by atoms with Crippen LogP contribution in [0.1, 0.15) is 44.6 Å². The fourth-order valence-electron chi connectivity index (χ4n) is 2.83. The molecule has 0 radical (unpaired) electrons. The van der Waals surface area contributed by atoms with Gasteiger partial charge < -0.3 is 15.6 Å². The first-order valence-electron chi connectivity index (χ1n) is 6.79. The molecule has 1 aromatic rings. The van der Waals surface area contributed by atoms with Gasteiger partial charge in [0.1, 0.15) is 0 Å². The van der Waals surface area contributed by atoms with Crippen LogP contribution >= 0.6 is 0 Å². The standard InChI is InChI=1S/C13H20N4O/c14-9-13(5-1-2-6-13)16-11-12(18)17(8-7-15-11)10-3-4-10/h7-8,10H,1-6,9,14H2,(H,15,16). The maximum absolute atomic E-state index is 12.3. The van der Waals surface area contributed by atoms with E-state index in [4.69, 9.17) is 5.73 Å². The molecule has 0 bridgehead atoms. The fraction of sp³-hybridized carbons (Fsp3) is 0.692. The van der Waals surface area contributed by atoms with Crippen molar-refractivity contribution < 1.29 is 0 Å². The Kier molecular flexibility index (Phi) is 2.86. The van der Waals surface area contributed by atoms with Gasteiger partial charge in [-0.3, -0.25) is 4.79 Å². The topological polar surface area (TPSA) is 72.9 Å². The Morgan fingerprint density at radius 1 is 1.44 bits per heavy atom. The number of nitrogens with zero attached hydrogens (tertiary/aromatic N) is 2. The molecular formula is C13H20N4O. The molecule has 0 unspecified atom stereocenters. The molecule has 1 heterocycles. The quantitative estimate of drug-likeness (QED) is 0.841. The van der Waals surface area contributed by atoms with E-state index in [1.807, 2.05) is 0 Å². The number of hydrogen-bond acceptors (Lipinski definition) is 4. The molecule has 1 aromatic heterocycles. The first kappa shape index (κ1) is 11.7. The van der Waals surface area contributed by atoms with Crippen LogP contribution in [0.3, 0.4) is 0 Å². The molecule has 0 amide bonds.